The van der Waals surface area contributed by atoms with Crippen molar-refractivity contribution < 1.29 is 70.4 Å². The Kier molecular flexibility index (Phi) is 20.3. The van der Waals surface area contributed by atoms with E-state index in [0.717, 1.165) is 18.4 Å². The fourth-order valence-corrected chi connectivity index (χ4v) is 7.05. The summed E-state index contributed by atoms with van der Waals surface area (Å²) in [7, 11) is -0.337. The van der Waals surface area contributed by atoms with E-state index in [4.69, 9.17) is 0 Å². The monoisotopic (exact) mass is 684 g/mol. The molecule has 214 valence electrons. The Labute approximate surface area is 293 Å². The average Bonchev–Trinajstić information content (AvgIpc) is 3.76. The zero-order chi connectivity index (χ0) is 25.6. The van der Waals surface area contributed by atoms with Gasteiger partial charge in [0, 0.05) is 77.5 Å². The van der Waals surface area contributed by atoms with Crippen LogP contribution in [0.2, 0.25) is 6.82 Å². The number of hydrogen-bond donors (Lipinski definition) is 2. The maximum Gasteiger partial charge on any atom is 0.376 e. The number of hydrogen-bond acceptors (Lipinski definition) is 3. The zero-order valence-electron chi connectivity index (χ0n) is 26.5. The minimum absolute atomic E-state index is 0. The van der Waals surface area contributed by atoms with E-state index in [1.807, 2.05) is 34.5 Å². The van der Waals surface area contributed by atoms with E-state index in [9.17, 15) is 5.02 Å². The summed E-state index contributed by atoms with van der Waals surface area (Å²) in [4.78, 5) is 2.27. The van der Waals surface area contributed by atoms with Crippen molar-refractivity contribution in [2.75, 3.05) is 13.1 Å². The van der Waals surface area contributed by atoms with Crippen molar-refractivity contribution in [3.63, 3.8) is 0 Å². The standard InChI is InChI=1S/C14H20BNO.C13H17N.2C2H6.2CH3.2Y/c1-3-14-9-12(14)10-16(15(2)17)13(14)11-7-5-4-6-8-11;1-2-13-8-11(13)9-14-12(13)10-6-4-3-5-7-10;2*1-2;;;;/h4-8,12-13,17H,3,9-10H2,1-2H3;3-7,11-12,14H,2,8-9H2,1H3;2*1-2H3;2*1H3;;/q;;;;2*-1;;. The van der Waals surface area contributed by atoms with E-state index >= 15 is 0 Å². The third-order valence-corrected chi connectivity index (χ3v) is 9.05. The van der Waals surface area contributed by atoms with Crippen LogP contribution in [0.4, 0.5) is 0 Å². The summed E-state index contributed by atoms with van der Waals surface area (Å²) in [5.74, 6) is 1.75. The van der Waals surface area contributed by atoms with Gasteiger partial charge in [0.25, 0.3) is 0 Å². The molecule has 2 aliphatic heterocycles. The summed E-state index contributed by atoms with van der Waals surface area (Å²) in [6, 6.07) is 22.6. The summed E-state index contributed by atoms with van der Waals surface area (Å²) >= 11 is 0. The molecule has 0 amide bonds. The van der Waals surface area contributed by atoms with Crippen LogP contribution >= 0.6 is 0 Å². The predicted octanol–water partition coefficient (Wildman–Crippen LogP) is 8.27. The Morgan fingerprint density at radius 2 is 1.26 bits per heavy atom. The normalized spacial score (nSPS) is 30.1. The minimum Gasteiger partial charge on any atom is -0.437 e. The predicted molar refractivity (Wildman–Crippen MR) is 164 cm³/mol. The van der Waals surface area contributed by atoms with Crippen LogP contribution in [0.3, 0.4) is 0 Å². The smallest absolute Gasteiger partial charge is 0.376 e. The van der Waals surface area contributed by atoms with E-state index in [1.165, 1.54) is 43.4 Å². The first-order valence-electron chi connectivity index (χ1n) is 14.3. The molecule has 2 heterocycles. The molecule has 0 spiro atoms. The van der Waals surface area contributed by atoms with Crippen LogP contribution in [0.15, 0.2) is 60.7 Å². The first kappa shape index (κ1) is 41.7. The van der Waals surface area contributed by atoms with Crippen molar-refractivity contribution in [1.82, 2.24) is 10.1 Å². The zero-order valence-corrected chi connectivity index (χ0v) is 32.1. The number of rotatable bonds is 5. The molecule has 6 rings (SSSR count). The third kappa shape index (κ3) is 8.58. The van der Waals surface area contributed by atoms with E-state index in [1.54, 1.807) is 0 Å². The van der Waals surface area contributed by atoms with Gasteiger partial charge in [-0.2, -0.15) is 0 Å². The molecule has 2 N–H and O–H groups in total. The fraction of sp³-hybridized carbons (Fsp3) is 0.576. The maximum atomic E-state index is 9.96. The second kappa shape index (κ2) is 19.0. The Hall–Kier alpha value is 0.593. The molecular formula is C33H55BN2OY2-2. The molecule has 4 fully saturated rings. The summed E-state index contributed by atoms with van der Waals surface area (Å²) in [6.07, 6.45) is 5.33. The number of benzene rings is 2. The number of nitrogens with one attached hydrogen (secondary N) is 1. The number of nitrogens with zero attached hydrogens (tertiary/aromatic N) is 1. The van der Waals surface area contributed by atoms with Crippen LogP contribution in [0.25, 0.3) is 0 Å². The molecule has 2 radical (unpaired) electrons. The van der Waals surface area contributed by atoms with Crippen LogP contribution in [0, 0.1) is 37.5 Å². The molecule has 2 aromatic carbocycles. The Morgan fingerprint density at radius 1 is 0.795 bits per heavy atom. The average molecular weight is 684 g/mol. The Bertz CT molecular complexity index is 895. The largest absolute Gasteiger partial charge is 0.437 e. The molecule has 2 aromatic rings. The van der Waals surface area contributed by atoms with Crippen molar-refractivity contribution in [3.05, 3.63) is 86.6 Å². The maximum absolute atomic E-state index is 9.96. The van der Waals surface area contributed by atoms with Gasteiger partial charge in [0.1, 0.15) is 0 Å². The van der Waals surface area contributed by atoms with Gasteiger partial charge in [0.2, 0.25) is 0 Å². The molecular weight excluding hydrogens is 629 g/mol. The van der Waals surface area contributed by atoms with Crippen molar-refractivity contribution in [1.29, 1.82) is 0 Å². The van der Waals surface area contributed by atoms with Gasteiger partial charge >= 0.3 is 7.05 Å². The first-order chi connectivity index (χ1) is 17.1. The van der Waals surface area contributed by atoms with Crippen molar-refractivity contribution in [2.45, 2.75) is 86.1 Å². The van der Waals surface area contributed by atoms with Gasteiger partial charge in [0.05, 0.1) is 0 Å². The van der Waals surface area contributed by atoms with E-state index in [0.29, 0.717) is 22.9 Å². The molecule has 4 aliphatic rings. The summed E-state index contributed by atoms with van der Waals surface area (Å²) in [5.41, 5.74) is 3.91. The van der Waals surface area contributed by atoms with E-state index in [-0.39, 0.29) is 87.3 Å². The topological polar surface area (TPSA) is 35.5 Å². The van der Waals surface area contributed by atoms with Gasteiger partial charge in [-0.1, -0.05) is 102 Å². The SMILES string of the molecule is CC.CC.CCC12CC1CN(B(C)O)C2c1ccccc1.CCC12CC1CNC2c1ccccc1.[CH3-].[CH3-].[Y].[Y]. The third-order valence-electron chi connectivity index (χ3n) is 9.05. The molecule has 2 saturated carbocycles. The van der Waals surface area contributed by atoms with Gasteiger partial charge < -0.3 is 30.0 Å². The van der Waals surface area contributed by atoms with Crippen molar-refractivity contribution in [2.24, 2.45) is 22.7 Å². The van der Waals surface area contributed by atoms with Crippen LogP contribution in [-0.2, 0) is 65.4 Å². The van der Waals surface area contributed by atoms with Gasteiger partial charge in [-0.05, 0) is 79.4 Å². The number of fused-ring (bicyclic) bond motifs is 2. The minimum atomic E-state index is -0.337. The molecule has 2 saturated heterocycles. The molecule has 39 heavy (non-hydrogen) atoms. The molecule has 6 unspecified atom stereocenters. The van der Waals surface area contributed by atoms with Gasteiger partial charge in [-0.25, -0.2) is 0 Å². The second-order valence-electron chi connectivity index (χ2n) is 10.4. The summed E-state index contributed by atoms with van der Waals surface area (Å²) < 4.78 is 0. The van der Waals surface area contributed by atoms with Crippen molar-refractivity contribution >= 4 is 7.05 Å². The Balaban J connectivity index is 0. The van der Waals surface area contributed by atoms with Gasteiger partial charge in [-0.3, -0.25) is 0 Å². The molecule has 0 aromatic heterocycles. The van der Waals surface area contributed by atoms with Crippen LogP contribution < -0.4 is 5.32 Å². The molecule has 6 heteroatoms. The van der Waals surface area contributed by atoms with Crippen LogP contribution in [0.1, 0.15) is 90.4 Å². The molecule has 6 atom stereocenters. The molecule has 2 aliphatic carbocycles. The second-order valence-corrected chi connectivity index (χ2v) is 10.4. The van der Waals surface area contributed by atoms with E-state index in [2.05, 4.69) is 84.6 Å². The fourth-order valence-electron chi connectivity index (χ4n) is 7.05. The molecule has 0 bridgehead atoms. The quantitative estimate of drug-likeness (QED) is 0.246. The first-order valence-corrected chi connectivity index (χ1v) is 14.3. The summed E-state index contributed by atoms with van der Waals surface area (Å²) in [5, 5.41) is 13.6. The van der Waals surface area contributed by atoms with Gasteiger partial charge in [0.15, 0.2) is 0 Å². The summed E-state index contributed by atoms with van der Waals surface area (Å²) in [6.45, 7) is 16.8. The Morgan fingerprint density at radius 3 is 1.69 bits per heavy atom. The van der Waals surface area contributed by atoms with Crippen LogP contribution in [-0.4, -0.2) is 30.0 Å². The van der Waals surface area contributed by atoms with E-state index < -0.39 is 0 Å². The number of piperidine rings is 2. The van der Waals surface area contributed by atoms with Gasteiger partial charge in [-0.15, -0.1) is 0 Å². The molecule has 3 nitrogen and oxygen atoms in total. The van der Waals surface area contributed by atoms with Crippen LogP contribution in [0.5, 0.6) is 0 Å². The van der Waals surface area contributed by atoms with Crippen molar-refractivity contribution in [3.8, 4) is 0 Å².